The minimum Gasteiger partial charge on any atom is -0.490 e. The molecule has 0 saturated heterocycles. The van der Waals surface area contributed by atoms with E-state index in [0.29, 0.717) is 0 Å². The molecule has 0 heterocycles. The normalized spacial score (nSPS) is 29.2. The van der Waals surface area contributed by atoms with Crippen molar-refractivity contribution < 1.29 is 4.74 Å². The molecular weight excluding hydrogens is 336 g/mol. The van der Waals surface area contributed by atoms with E-state index < -0.39 is 0 Å². The van der Waals surface area contributed by atoms with Gasteiger partial charge in [0, 0.05) is 21.7 Å². The maximum atomic E-state index is 6.34. The monoisotopic (exact) mass is 352 g/mol. The predicted octanol–water partition coefficient (Wildman–Crippen LogP) is 5.78. The number of hydrogen-bond acceptors (Lipinski definition) is 1. The van der Waals surface area contributed by atoms with Crippen LogP contribution in [0.5, 0.6) is 5.75 Å². The maximum absolute atomic E-state index is 6.34. The van der Waals surface area contributed by atoms with Crippen molar-refractivity contribution in [1.82, 2.24) is 0 Å². The Hall–Kier alpha value is -0.730. The van der Waals surface area contributed by atoms with Gasteiger partial charge in [-0.1, -0.05) is 41.9 Å². The van der Waals surface area contributed by atoms with E-state index in [9.17, 15) is 0 Å². The van der Waals surface area contributed by atoms with Crippen LogP contribution >= 0.6 is 27.5 Å². The van der Waals surface area contributed by atoms with Gasteiger partial charge in [-0.05, 0) is 41.5 Å². The summed E-state index contributed by atoms with van der Waals surface area (Å²) in [4.78, 5) is 0. The van der Waals surface area contributed by atoms with Gasteiger partial charge in [0.15, 0.2) is 0 Å². The Labute approximate surface area is 133 Å². The second kappa shape index (κ2) is 5.23. The van der Waals surface area contributed by atoms with Crippen molar-refractivity contribution in [1.29, 1.82) is 0 Å². The van der Waals surface area contributed by atoms with Crippen molar-refractivity contribution in [3.63, 3.8) is 0 Å². The van der Waals surface area contributed by atoms with Gasteiger partial charge in [0.1, 0.15) is 11.9 Å². The summed E-state index contributed by atoms with van der Waals surface area (Å²) in [6.07, 6.45) is 2.21. The van der Waals surface area contributed by atoms with Gasteiger partial charge in [0.2, 0.25) is 0 Å². The van der Waals surface area contributed by atoms with Crippen molar-refractivity contribution in [3.05, 3.63) is 40.9 Å². The molecule has 1 aliphatic carbocycles. The van der Waals surface area contributed by atoms with Crippen LogP contribution in [0.1, 0.15) is 26.7 Å². The molecule has 3 atom stereocenters. The number of halogens is 2. The molecule has 0 spiro atoms. The van der Waals surface area contributed by atoms with Crippen LogP contribution in [0.15, 0.2) is 40.9 Å². The molecule has 0 aliphatic heterocycles. The van der Waals surface area contributed by atoms with Gasteiger partial charge < -0.3 is 4.74 Å². The van der Waals surface area contributed by atoms with Crippen LogP contribution in [0, 0.1) is 5.41 Å². The van der Waals surface area contributed by atoms with E-state index in [1.807, 2.05) is 6.07 Å². The number of rotatable bonds is 3. The van der Waals surface area contributed by atoms with E-state index in [1.165, 1.54) is 10.8 Å². The molecule has 0 bridgehead atoms. The highest BCUT2D eigenvalue weighted by molar-refractivity contribution is 9.10. The molecule has 106 valence electrons. The summed E-state index contributed by atoms with van der Waals surface area (Å²) in [5, 5.41) is 2.65. The lowest BCUT2D eigenvalue weighted by molar-refractivity contribution is -0.0294. The first-order valence-electron chi connectivity index (χ1n) is 7.03. The first kappa shape index (κ1) is 14.2. The van der Waals surface area contributed by atoms with Gasteiger partial charge in [0.25, 0.3) is 0 Å². The molecule has 0 amide bonds. The summed E-state index contributed by atoms with van der Waals surface area (Å²) in [5.74, 6) is 0.938. The summed E-state index contributed by atoms with van der Waals surface area (Å²) in [7, 11) is 0. The summed E-state index contributed by atoms with van der Waals surface area (Å²) in [6, 6.07) is 12.5. The molecular formula is C17H18BrClO. The second-order valence-corrected chi connectivity index (χ2v) is 7.26. The van der Waals surface area contributed by atoms with Crippen LogP contribution < -0.4 is 4.74 Å². The van der Waals surface area contributed by atoms with Gasteiger partial charge in [-0.2, -0.15) is 0 Å². The molecule has 3 unspecified atom stereocenters. The zero-order valence-electron chi connectivity index (χ0n) is 11.7. The Balaban J connectivity index is 1.83. The van der Waals surface area contributed by atoms with Crippen molar-refractivity contribution in [2.24, 2.45) is 5.41 Å². The van der Waals surface area contributed by atoms with Crippen LogP contribution in [-0.2, 0) is 0 Å². The molecule has 1 aliphatic rings. The van der Waals surface area contributed by atoms with Crippen molar-refractivity contribution in [2.75, 3.05) is 0 Å². The zero-order valence-corrected chi connectivity index (χ0v) is 14.0. The lowest BCUT2D eigenvalue weighted by Crippen LogP contribution is -2.55. The maximum Gasteiger partial charge on any atom is 0.120 e. The number of hydrogen-bond donors (Lipinski definition) is 0. The third-order valence-electron chi connectivity index (χ3n) is 4.69. The van der Waals surface area contributed by atoms with E-state index in [-0.39, 0.29) is 16.9 Å². The highest BCUT2D eigenvalue weighted by Crippen LogP contribution is 2.49. The molecule has 1 saturated carbocycles. The first-order valence-corrected chi connectivity index (χ1v) is 8.26. The summed E-state index contributed by atoms with van der Waals surface area (Å²) in [5.41, 5.74) is 0.0935. The molecule has 2 aromatic carbocycles. The van der Waals surface area contributed by atoms with Crippen LogP contribution in [0.3, 0.4) is 0 Å². The van der Waals surface area contributed by atoms with Crippen LogP contribution in [0.4, 0.5) is 0 Å². The quantitative estimate of drug-likeness (QED) is 0.636. The lowest BCUT2D eigenvalue weighted by Gasteiger charge is -2.50. The van der Waals surface area contributed by atoms with Gasteiger partial charge in [0.05, 0.1) is 0 Å². The van der Waals surface area contributed by atoms with Gasteiger partial charge in [-0.25, -0.2) is 0 Å². The average molecular weight is 354 g/mol. The Morgan fingerprint density at radius 1 is 1.25 bits per heavy atom. The van der Waals surface area contributed by atoms with Crippen molar-refractivity contribution in [3.8, 4) is 5.75 Å². The third kappa shape index (κ3) is 2.33. The highest BCUT2D eigenvalue weighted by Gasteiger charge is 2.51. The molecule has 2 aromatic rings. The van der Waals surface area contributed by atoms with Gasteiger partial charge in [-0.15, -0.1) is 11.6 Å². The second-order valence-electron chi connectivity index (χ2n) is 5.82. The summed E-state index contributed by atoms with van der Waals surface area (Å²) >= 11 is 9.84. The highest BCUT2D eigenvalue weighted by atomic mass is 79.9. The van der Waals surface area contributed by atoms with Crippen molar-refractivity contribution in [2.45, 2.75) is 38.2 Å². The minimum atomic E-state index is 0.0935. The summed E-state index contributed by atoms with van der Waals surface area (Å²) in [6.45, 7) is 4.40. The average Bonchev–Trinajstić information content (AvgIpc) is 2.46. The Morgan fingerprint density at radius 3 is 2.65 bits per heavy atom. The van der Waals surface area contributed by atoms with Gasteiger partial charge in [-0.3, -0.25) is 0 Å². The fraction of sp³-hybridized carbons (Fsp3) is 0.412. The van der Waals surface area contributed by atoms with Crippen LogP contribution in [0.25, 0.3) is 10.8 Å². The predicted molar refractivity (Wildman–Crippen MR) is 88.7 cm³/mol. The molecule has 3 rings (SSSR count). The smallest absolute Gasteiger partial charge is 0.120 e. The van der Waals surface area contributed by atoms with E-state index in [2.05, 4.69) is 60.1 Å². The fourth-order valence-electron chi connectivity index (χ4n) is 2.83. The Morgan fingerprint density at radius 2 is 1.95 bits per heavy atom. The number of fused-ring (bicyclic) bond motifs is 1. The molecule has 20 heavy (non-hydrogen) atoms. The molecule has 0 aromatic heterocycles. The zero-order chi connectivity index (χ0) is 14.3. The van der Waals surface area contributed by atoms with E-state index in [1.54, 1.807) is 0 Å². The largest absolute Gasteiger partial charge is 0.490 e. The molecule has 0 radical (unpaired) electrons. The fourth-order valence-corrected chi connectivity index (χ4v) is 3.67. The molecule has 3 heteroatoms. The standard InChI is InChI=1S/C17H18BrClO/c1-3-17(2)15(19)10-16(17)20-14-7-5-11-8-13(18)6-4-12(11)9-14/h4-9,15-16H,3,10H2,1-2H3. The lowest BCUT2D eigenvalue weighted by atomic mass is 9.65. The topological polar surface area (TPSA) is 9.23 Å². The van der Waals surface area contributed by atoms with E-state index >= 15 is 0 Å². The number of alkyl halides is 1. The van der Waals surface area contributed by atoms with Crippen LogP contribution in [0.2, 0.25) is 0 Å². The Bertz CT molecular complexity index is 642. The Kier molecular flexibility index (Phi) is 3.72. The summed E-state index contributed by atoms with van der Waals surface area (Å²) < 4.78 is 7.27. The third-order valence-corrected chi connectivity index (χ3v) is 5.86. The van der Waals surface area contributed by atoms with E-state index in [4.69, 9.17) is 16.3 Å². The molecule has 0 N–H and O–H groups in total. The molecule has 1 fully saturated rings. The number of benzene rings is 2. The van der Waals surface area contributed by atoms with Crippen molar-refractivity contribution >= 4 is 38.3 Å². The first-order chi connectivity index (χ1) is 9.53. The molecule has 1 nitrogen and oxygen atoms in total. The van der Waals surface area contributed by atoms with Gasteiger partial charge >= 0.3 is 0 Å². The van der Waals surface area contributed by atoms with Crippen LogP contribution in [-0.4, -0.2) is 11.5 Å². The number of ether oxygens (including phenoxy) is 1. The van der Waals surface area contributed by atoms with E-state index in [0.717, 1.165) is 23.1 Å². The SMILES string of the molecule is CCC1(C)C(Cl)CC1Oc1ccc2cc(Br)ccc2c1. The minimum absolute atomic E-state index is 0.0935.